The number of nitrogens with zero attached hydrogens (tertiary/aromatic N) is 1. The van der Waals surface area contributed by atoms with Crippen molar-refractivity contribution in [3.05, 3.63) is 70.0 Å². The van der Waals surface area contributed by atoms with Crippen LogP contribution in [0.15, 0.2) is 30.3 Å². The SMILES string of the molecule is CCCc1c(F)cc(F)cc1C(CC)OCC(O)CN1CCCC1.Cc1ccc(C)c(F)c1.O=CO. The van der Waals surface area contributed by atoms with Crippen LogP contribution in [-0.4, -0.2) is 53.9 Å². The predicted molar refractivity (Wildman–Crippen MR) is 136 cm³/mol. The van der Waals surface area contributed by atoms with Gasteiger partial charge < -0.3 is 19.8 Å². The van der Waals surface area contributed by atoms with E-state index >= 15 is 0 Å². The summed E-state index contributed by atoms with van der Waals surface area (Å²) in [4.78, 5) is 10.6. The van der Waals surface area contributed by atoms with Gasteiger partial charge in [-0.1, -0.05) is 32.4 Å². The van der Waals surface area contributed by atoms with Crippen LogP contribution in [0.5, 0.6) is 0 Å². The number of carboxylic acid groups (broad SMARTS) is 1. The lowest BCUT2D eigenvalue weighted by Gasteiger charge is -2.24. The van der Waals surface area contributed by atoms with Gasteiger partial charge in [0, 0.05) is 12.6 Å². The van der Waals surface area contributed by atoms with Crippen LogP contribution in [0.4, 0.5) is 13.2 Å². The number of benzene rings is 2. The Morgan fingerprint density at radius 1 is 1.06 bits per heavy atom. The molecule has 2 aromatic carbocycles. The largest absolute Gasteiger partial charge is 0.483 e. The van der Waals surface area contributed by atoms with E-state index in [1.54, 1.807) is 13.0 Å². The zero-order valence-corrected chi connectivity index (χ0v) is 21.8. The van der Waals surface area contributed by atoms with Gasteiger partial charge in [-0.25, -0.2) is 13.2 Å². The zero-order chi connectivity index (χ0) is 27.1. The van der Waals surface area contributed by atoms with Crippen molar-refractivity contribution in [3.63, 3.8) is 0 Å². The maximum absolute atomic E-state index is 14.1. The molecule has 1 saturated heterocycles. The molecule has 0 aliphatic carbocycles. The maximum atomic E-state index is 14.1. The highest BCUT2D eigenvalue weighted by Gasteiger charge is 2.21. The first-order chi connectivity index (χ1) is 17.2. The van der Waals surface area contributed by atoms with Crippen molar-refractivity contribution < 1.29 is 32.9 Å². The second kappa shape index (κ2) is 17.1. The number of hydrogen-bond acceptors (Lipinski definition) is 4. The van der Waals surface area contributed by atoms with Gasteiger partial charge in [0.2, 0.25) is 0 Å². The van der Waals surface area contributed by atoms with Gasteiger partial charge in [0.25, 0.3) is 6.47 Å². The van der Waals surface area contributed by atoms with Gasteiger partial charge in [0.15, 0.2) is 0 Å². The Balaban J connectivity index is 0.000000446. The lowest BCUT2D eigenvalue weighted by Crippen LogP contribution is -2.33. The van der Waals surface area contributed by atoms with E-state index in [4.69, 9.17) is 14.6 Å². The Kier molecular flexibility index (Phi) is 15.0. The highest BCUT2D eigenvalue weighted by Crippen LogP contribution is 2.29. The fourth-order valence-corrected chi connectivity index (χ4v) is 4.09. The lowest BCUT2D eigenvalue weighted by atomic mass is 9.96. The van der Waals surface area contributed by atoms with Gasteiger partial charge in [-0.2, -0.15) is 0 Å². The molecule has 1 heterocycles. The highest BCUT2D eigenvalue weighted by atomic mass is 19.1. The smallest absolute Gasteiger partial charge is 0.290 e. The molecule has 5 nitrogen and oxygen atoms in total. The molecule has 3 rings (SSSR count). The number of β-amino-alcohol motifs (C(OH)–C–C–N with tert-alkyl or cyclic N) is 1. The number of ether oxygens (including phenoxy) is 1. The molecule has 2 aromatic rings. The molecule has 0 aromatic heterocycles. The number of rotatable bonds is 9. The van der Waals surface area contributed by atoms with Crippen molar-refractivity contribution in [1.29, 1.82) is 0 Å². The summed E-state index contributed by atoms with van der Waals surface area (Å²) in [5, 5.41) is 17.1. The Bertz CT molecular complexity index is 920. The molecular formula is C28H40F3NO4. The quantitative estimate of drug-likeness (QED) is 0.405. The molecule has 36 heavy (non-hydrogen) atoms. The third-order valence-corrected chi connectivity index (χ3v) is 5.90. The van der Waals surface area contributed by atoms with E-state index in [0.29, 0.717) is 36.1 Å². The standard InChI is InChI=1S/C19H29F2NO2.C8H9F.CH2O2/c1-3-7-16-17(10-14(20)11-18(16)21)19(4-2)24-13-15(23)12-22-8-5-6-9-22;1-6-3-4-7(2)8(9)5-6;2-1-3/h10-11,15,19,23H,3-9,12-13H2,1-2H3;3-5H,1-2H3;1H,(H,2,3). The summed E-state index contributed by atoms with van der Waals surface area (Å²) in [7, 11) is 0. The summed E-state index contributed by atoms with van der Waals surface area (Å²) in [5.41, 5.74) is 2.78. The number of likely N-dealkylation sites (tertiary alicyclic amines) is 1. The van der Waals surface area contributed by atoms with Gasteiger partial charge in [0.05, 0.1) is 18.8 Å². The van der Waals surface area contributed by atoms with Crippen LogP contribution in [0.25, 0.3) is 0 Å². The Labute approximate surface area is 212 Å². The highest BCUT2D eigenvalue weighted by molar-refractivity contribution is 5.33. The van der Waals surface area contributed by atoms with Crippen LogP contribution < -0.4 is 0 Å². The zero-order valence-electron chi connectivity index (χ0n) is 21.8. The van der Waals surface area contributed by atoms with Gasteiger partial charge >= 0.3 is 0 Å². The normalized spacial score (nSPS) is 14.8. The van der Waals surface area contributed by atoms with E-state index in [9.17, 15) is 18.3 Å². The molecule has 1 aliphatic rings. The minimum atomic E-state index is -0.581. The van der Waals surface area contributed by atoms with Crippen molar-refractivity contribution >= 4 is 6.47 Å². The molecule has 0 amide bonds. The molecule has 2 atom stereocenters. The fraction of sp³-hybridized carbons (Fsp3) is 0.536. The van der Waals surface area contributed by atoms with Crippen LogP contribution in [-0.2, 0) is 16.0 Å². The minimum absolute atomic E-state index is 0.116. The predicted octanol–water partition coefficient (Wildman–Crippen LogP) is 5.99. The van der Waals surface area contributed by atoms with E-state index in [1.807, 2.05) is 26.8 Å². The van der Waals surface area contributed by atoms with Crippen molar-refractivity contribution in [3.8, 4) is 0 Å². The summed E-state index contributed by atoms with van der Waals surface area (Å²) in [6, 6.07) is 7.52. The molecule has 0 bridgehead atoms. The van der Waals surface area contributed by atoms with Crippen LogP contribution in [0.3, 0.4) is 0 Å². The topological polar surface area (TPSA) is 70.0 Å². The summed E-state index contributed by atoms with van der Waals surface area (Å²) in [6.07, 6.45) is 3.31. The number of aliphatic hydroxyl groups excluding tert-OH is 1. The molecule has 1 aliphatic heterocycles. The first kappa shape index (κ1) is 31.6. The fourth-order valence-electron chi connectivity index (χ4n) is 4.09. The molecule has 8 heteroatoms. The van der Waals surface area contributed by atoms with Gasteiger partial charge in [-0.15, -0.1) is 0 Å². The van der Waals surface area contributed by atoms with Crippen molar-refractivity contribution in [2.45, 2.75) is 72.0 Å². The monoisotopic (exact) mass is 511 g/mol. The number of hydrogen-bond donors (Lipinski definition) is 2. The van der Waals surface area contributed by atoms with Gasteiger partial charge in [-0.05, 0) is 87.0 Å². The molecule has 0 saturated carbocycles. The molecule has 2 unspecified atom stereocenters. The Hall–Kier alpha value is -2.42. The first-order valence-electron chi connectivity index (χ1n) is 12.5. The molecule has 2 N–H and O–H groups in total. The van der Waals surface area contributed by atoms with Crippen molar-refractivity contribution in [2.24, 2.45) is 0 Å². The number of carbonyl (C=O) groups is 1. The average molecular weight is 512 g/mol. The summed E-state index contributed by atoms with van der Waals surface area (Å²) in [6.45, 7) is 10.1. The average Bonchev–Trinajstić information content (AvgIpc) is 3.33. The van der Waals surface area contributed by atoms with Crippen LogP contribution in [0.2, 0.25) is 0 Å². The first-order valence-corrected chi connectivity index (χ1v) is 12.5. The second-order valence-corrected chi connectivity index (χ2v) is 8.96. The second-order valence-electron chi connectivity index (χ2n) is 8.96. The van der Waals surface area contributed by atoms with Gasteiger partial charge in [-0.3, -0.25) is 4.79 Å². The van der Waals surface area contributed by atoms with Crippen LogP contribution >= 0.6 is 0 Å². The Morgan fingerprint density at radius 3 is 2.22 bits per heavy atom. The van der Waals surface area contributed by atoms with Crippen LogP contribution in [0, 0.1) is 31.3 Å². The third kappa shape index (κ3) is 11.1. The molecular weight excluding hydrogens is 471 g/mol. The summed E-state index contributed by atoms with van der Waals surface area (Å²) >= 11 is 0. The van der Waals surface area contributed by atoms with Crippen molar-refractivity contribution in [2.75, 3.05) is 26.2 Å². The molecule has 1 fully saturated rings. The third-order valence-electron chi connectivity index (χ3n) is 5.90. The van der Waals surface area contributed by atoms with Crippen molar-refractivity contribution in [1.82, 2.24) is 4.90 Å². The number of aliphatic hydroxyl groups is 1. The Morgan fingerprint density at radius 2 is 1.69 bits per heavy atom. The van der Waals surface area contributed by atoms with E-state index in [2.05, 4.69) is 4.90 Å². The number of aryl methyl sites for hydroxylation is 2. The molecule has 202 valence electrons. The van der Waals surface area contributed by atoms with E-state index in [-0.39, 0.29) is 18.9 Å². The van der Waals surface area contributed by atoms with E-state index in [1.165, 1.54) is 25.0 Å². The van der Waals surface area contributed by atoms with Crippen LogP contribution in [0.1, 0.15) is 67.9 Å². The van der Waals surface area contributed by atoms with E-state index < -0.39 is 23.8 Å². The molecule has 0 spiro atoms. The summed E-state index contributed by atoms with van der Waals surface area (Å²) < 4.78 is 46.2. The maximum Gasteiger partial charge on any atom is 0.290 e. The summed E-state index contributed by atoms with van der Waals surface area (Å²) in [5.74, 6) is -1.21. The number of halogens is 3. The van der Waals surface area contributed by atoms with Gasteiger partial charge in [0.1, 0.15) is 17.5 Å². The lowest BCUT2D eigenvalue weighted by molar-refractivity contribution is -0.122. The molecule has 0 radical (unpaired) electrons. The minimum Gasteiger partial charge on any atom is -0.483 e. The van der Waals surface area contributed by atoms with E-state index in [0.717, 1.165) is 31.1 Å².